The number of hydrogen-bond donors (Lipinski definition) is 1. The molecule has 0 saturated carbocycles. The lowest BCUT2D eigenvalue weighted by Gasteiger charge is -2.12. The highest BCUT2D eigenvalue weighted by Crippen LogP contribution is 2.37. The number of aromatic amines is 1. The van der Waals surface area contributed by atoms with Crippen molar-refractivity contribution in [2.45, 2.75) is 46.7 Å². The third kappa shape index (κ3) is 3.50. The fourth-order valence-electron chi connectivity index (χ4n) is 3.59. The third-order valence-corrected chi connectivity index (χ3v) is 4.86. The van der Waals surface area contributed by atoms with Crippen molar-refractivity contribution in [2.24, 2.45) is 0 Å². The number of benzene rings is 1. The van der Waals surface area contributed by atoms with E-state index in [-0.39, 0.29) is 18.0 Å². The molecule has 0 atom stereocenters. The largest absolute Gasteiger partial charge is 0.466 e. The molecule has 0 saturated heterocycles. The fourth-order valence-corrected chi connectivity index (χ4v) is 3.59. The van der Waals surface area contributed by atoms with Crippen LogP contribution in [0.25, 0.3) is 21.9 Å². The van der Waals surface area contributed by atoms with E-state index in [1.165, 1.54) is 6.92 Å². The molecular weight excluding hydrogens is 357 g/mol. The predicted molar refractivity (Wildman–Crippen MR) is 97.8 cm³/mol. The molecule has 3 rings (SSSR count). The normalized spacial score (nSPS) is 12.1. The fraction of sp³-hybridized carbons (Fsp3) is 0.400. The van der Waals surface area contributed by atoms with Crippen molar-refractivity contribution in [1.82, 2.24) is 9.97 Å². The number of esters is 1. The summed E-state index contributed by atoms with van der Waals surface area (Å²) in [4.78, 5) is 19.2. The molecule has 2 aromatic heterocycles. The van der Waals surface area contributed by atoms with Gasteiger partial charge in [-0.15, -0.1) is 0 Å². The molecule has 4 nitrogen and oxygen atoms in total. The zero-order valence-corrected chi connectivity index (χ0v) is 15.7. The molecule has 0 spiro atoms. The first-order chi connectivity index (χ1) is 12.6. The van der Waals surface area contributed by atoms with Crippen LogP contribution in [0.1, 0.15) is 41.3 Å². The Bertz CT molecular complexity index is 1040. The van der Waals surface area contributed by atoms with Crippen molar-refractivity contribution in [3.05, 3.63) is 40.1 Å². The summed E-state index contributed by atoms with van der Waals surface area (Å²) in [5.41, 5.74) is 3.08. The Balaban J connectivity index is 2.15. The second kappa shape index (κ2) is 6.87. The van der Waals surface area contributed by atoms with Crippen molar-refractivity contribution in [1.29, 1.82) is 0 Å². The number of carbonyl (C=O) groups is 1. The molecule has 144 valence electrons. The molecule has 0 aliphatic rings. The quantitative estimate of drug-likeness (QED) is 0.639. The summed E-state index contributed by atoms with van der Waals surface area (Å²) in [7, 11) is 0. The van der Waals surface area contributed by atoms with E-state index in [2.05, 4.69) is 9.97 Å². The highest BCUT2D eigenvalue weighted by atomic mass is 19.4. The lowest BCUT2D eigenvalue weighted by atomic mass is 9.97. The molecule has 1 N–H and O–H groups in total. The molecular formula is C20H21F3N2O2. The summed E-state index contributed by atoms with van der Waals surface area (Å²) < 4.78 is 44.6. The molecule has 0 aliphatic heterocycles. The molecule has 0 amide bonds. The summed E-state index contributed by atoms with van der Waals surface area (Å²) in [6, 6.07) is 2.69. The number of ether oxygens (including phenoxy) is 1. The van der Waals surface area contributed by atoms with Crippen LogP contribution in [0.2, 0.25) is 0 Å². The van der Waals surface area contributed by atoms with Crippen LogP contribution in [0.5, 0.6) is 0 Å². The van der Waals surface area contributed by atoms with Crippen molar-refractivity contribution >= 4 is 27.9 Å². The zero-order valence-electron chi connectivity index (χ0n) is 15.7. The van der Waals surface area contributed by atoms with Gasteiger partial charge in [0.05, 0.1) is 12.2 Å². The Hall–Kier alpha value is -2.57. The molecule has 7 heteroatoms. The van der Waals surface area contributed by atoms with Crippen molar-refractivity contribution in [2.75, 3.05) is 6.61 Å². The van der Waals surface area contributed by atoms with Crippen molar-refractivity contribution < 1.29 is 22.7 Å². The highest BCUT2D eigenvalue weighted by molar-refractivity contribution is 6.08. The molecule has 0 radical (unpaired) electrons. The molecule has 1 aromatic carbocycles. The minimum absolute atomic E-state index is 0.170. The van der Waals surface area contributed by atoms with Gasteiger partial charge in [-0.3, -0.25) is 4.79 Å². The Morgan fingerprint density at radius 2 is 1.93 bits per heavy atom. The van der Waals surface area contributed by atoms with Crippen LogP contribution < -0.4 is 0 Å². The molecule has 3 aromatic rings. The number of aryl methyl sites for hydroxylation is 3. The number of nitrogens with zero attached hydrogens (tertiary/aromatic N) is 1. The molecule has 2 heterocycles. The van der Waals surface area contributed by atoms with Crippen LogP contribution in [-0.2, 0) is 22.1 Å². The maximum Gasteiger partial charge on any atom is 0.416 e. The van der Waals surface area contributed by atoms with E-state index in [0.29, 0.717) is 29.6 Å². The van der Waals surface area contributed by atoms with E-state index in [1.807, 2.05) is 13.8 Å². The number of fused-ring (bicyclic) bond motifs is 3. The van der Waals surface area contributed by atoms with E-state index in [4.69, 9.17) is 4.74 Å². The molecule has 0 aliphatic carbocycles. The molecule has 27 heavy (non-hydrogen) atoms. The summed E-state index contributed by atoms with van der Waals surface area (Å²) in [5, 5.41) is 1.50. The summed E-state index contributed by atoms with van der Waals surface area (Å²) in [6.45, 7) is 7.30. The zero-order chi connectivity index (χ0) is 19.9. The third-order valence-electron chi connectivity index (χ3n) is 4.86. The number of alkyl halides is 3. The summed E-state index contributed by atoms with van der Waals surface area (Å²) in [6.07, 6.45) is -3.69. The maximum absolute atomic E-state index is 13.2. The topological polar surface area (TPSA) is 55.0 Å². The Kier molecular flexibility index (Phi) is 4.88. The average molecular weight is 378 g/mol. The number of H-pyrrole nitrogens is 1. The van der Waals surface area contributed by atoms with Gasteiger partial charge in [-0.25, -0.2) is 4.98 Å². The number of pyridine rings is 1. The van der Waals surface area contributed by atoms with E-state index in [0.717, 1.165) is 28.3 Å². The van der Waals surface area contributed by atoms with Gasteiger partial charge in [0, 0.05) is 28.4 Å². The van der Waals surface area contributed by atoms with Gasteiger partial charge in [0.25, 0.3) is 0 Å². The van der Waals surface area contributed by atoms with E-state index < -0.39 is 11.7 Å². The molecule has 0 bridgehead atoms. The van der Waals surface area contributed by atoms with Gasteiger partial charge in [0.15, 0.2) is 0 Å². The highest BCUT2D eigenvalue weighted by Gasteiger charge is 2.33. The van der Waals surface area contributed by atoms with Crippen LogP contribution in [0, 0.1) is 20.8 Å². The standard InChI is InChI=1S/C20H21F3N2O2/c1-5-27-17(26)7-6-13-11(3)18-14-8-10(2)15(20(21,22)23)9-16(14)25-19(18)24-12(13)4/h8-9H,5-7H2,1-4H3,(H,24,25). The lowest BCUT2D eigenvalue weighted by molar-refractivity contribution is -0.143. The van der Waals surface area contributed by atoms with Gasteiger partial charge < -0.3 is 9.72 Å². The monoisotopic (exact) mass is 378 g/mol. The first-order valence-electron chi connectivity index (χ1n) is 8.78. The van der Waals surface area contributed by atoms with E-state index in [9.17, 15) is 18.0 Å². The smallest absolute Gasteiger partial charge is 0.416 e. The number of hydrogen-bond acceptors (Lipinski definition) is 3. The maximum atomic E-state index is 13.2. The number of aromatic nitrogens is 2. The molecule has 0 unspecified atom stereocenters. The minimum Gasteiger partial charge on any atom is -0.466 e. The lowest BCUT2D eigenvalue weighted by Crippen LogP contribution is -2.07. The molecule has 0 fully saturated rings. The Morgan fingerprint density at radius 1 is 1.22 bits per heavy atom. The Morgan fingerprint density at radius 3 is 2.56 bits per heavy atom. The van der Waals surface area contributed by atoms with E-state index in [1.54, 1.807) is 13.0 Å². The second-order valence-electron chi connectivity index (χ2n) is 6.66. The predicted octanol–water partition coefficient (Wildman–Crippen LogP) is 5.16. The van der Waals surface area contributed by atoms with Gasteiger partial charge in [-0.05, 0) is 62.9 Å². The number of halogens is 3. The van der Waals surface area contributed by atoms with Gasteiger partial charge >= 0.3 is 12.1 Å². The Labute approximate surface area is 154 Å². The second-order valence-corrected chi connectivity index (χ2v) is 6.66. The van der Waals surface area contributed by atoms with Crippen LogP contribution >= 0.6 is 0 Å². The first kappa shape index (κ1) is 19.2. The van der Waals surface area contributed by atoms with Gasteiger partial charge in [0.2, 0.25) is 0 Å². The summed E-state index contributed by atoms with van der Waals surface area (Å²) in [5.74, 6) is -0.277. The SMILES string of the molecule is CCOC(=O)CCc1c(C)nc2[nH]c3cc(C(F)(F)F)c(C)cc3c2c1C. The summed E-state index contributed by atoms with van der Waals surface area (Å²) >= 11 is 0. The van der Waals surface area contributed by atoms with Gasteiger partial charge in [0.1, 0.15) is 5.65 Å². The first-order valence-corrected chi connectivity index (χ1v) is 8.78. The van der Waals surface area contributed by atoms with Crippen LogP contribution in [0.4, 0.5) is 13.2 Å². The van der Waals surface area contributed by atoms with Crippen LogP contribution in [-0.4, -0.2) is 22.5 Å². The number of carbonyl (C=O) groups excluding carboxylic acids is 1. The number of rotatable bonds is 4. The van der Waals surface area contributed by atoms with E-state index >= 15 is 0 Å². The van der Waals surface area contributed by atoms with Crippen LogP contribution in [0.15, 0.2) is 12.1 Å². The van der Waals surface area contributed by atoms with Crippen LogP contribution in [0.3, 0.4) is 0 Å². The average Bonchev–Trinajstić information content (AvgIpc) is 2.90. The van der Waals surface area contributed by atoms with Gasteiger partial charge in [-0.1, -0.05) is 0 Å². The van der Waals surface area contributed by atoms with Gasteiger partial charge in [-0.2, -0.15) is 13.2 Å². The number of nitrogens with one attached hydrogen (secondary N) is 1. The van der Waals surface area contributed by atoms with Crippen molar-refractivity contribution in [3.63, 3.8) is 0 Å². The van der Waals surface area contributed by atoms with Crippen molar-refractivity contribution in [3.8, 4) is 0 Å². The minimum atomic E-state index is -4.40.